The SMILES string of the molecule is CC(C)(C)c1cc(-c2cc(-c3ccc(C(F)(F)F)s3)ccn2)cc2ccccc12. The number of alkyl halides is 3. The Kier molecular flexibility index (Phi) is 4.74. The number of aromatic nitrogens is 1. The van der Waals surface area contributed by atoms with Crippen LogP contribution in [-0.2, 0) is 11.6 Å². The molecule has 0 spiro atoms. The van der Waals surface area contributed by atoms with Gasteiger partial charge in [-0.15, -0.1) is 11.3 Å². The van der Waals surface area contributed by atoms with E-state index >= 15 is 0 Å². The largest absolute Gasteiger partial charge is 0.425 e. The van der Waals surface area contributed by atoms with E-state index in [1.54, 1.807) is 12.3 Å². The van der Waals surface area contributed by atoms with Crippen molar-refractivity contribution in [2.45, 2.75) is 32.4 Å². The van der Waals surface area contributed by atoms with Gasteiger partial charge in [0.05, 0.1) is 5.69 Å². The Hall–Kier alpha value is -2.66. The second-order valence-corrected chi connectivity index (χ2v) is 9.17. The topological polar surface area (TPSA) is 12.9 Å². The maximum Gasteiger partial charge on any atom is 0.425 e. The number of hydrogen-bond donors (Lipinski definition) is 0. The summed E-state index contributed by atoms with van der Waals surface area (Å²) in [6.45, 7) is 6.52. The third-order valence-corrected chi connectivity index (χ3v) is 6.07. The van der Waals surface area contributed by atoms with Crippen LogP contribution in [0.1, 0.15) is 31.2 Å². The van der Waals surface area contributed by atoms with Gasteiger partial charge < -0.3 is 0 Å². The van der Waals surface area contributed by atoms with E-state index < -0.39 is 11.1 Å². The van der Waals surface area contributed by atoms with Crippen LogP contribution < -0.4 is 0 Å². The Labute approximate surface area is 171 Å². The molecule has 0 fully saturated rings. The summed E-state index contributed by atoms with van der Waals surface area (Å²) in [5.41, 5.74) is 3.61. The highest BCUT2D eigenvalue weighted by atomic mass is 32.1. The Balaban J connectivity index is 1.83. The third-order valence-electron chi connectivity index (χ3n) is 4.90. The van der Waals surface area contributed by atoms with Crippen LogP contribution in [0.25, 0.3) is 32.5 Å². The highest BCUT2D eigenvalue weighted by Gasteiger charge is 2.32. The van der Waals surface area contributed by atoms with Gasteiger partial charge in [-0.25, -0.2) is 0 Å². The summed E-state index contributed by atoms with van der Waals surface area (Å²) >= 11 is 0.754. The van der Waals surface area contributed by atoms with Crippen molar-refractivity contribution in [1.29, 1.82) is 0 Å². The molecule has 0 saturated heterocycles. The van der Waals surface area contributed by atoms with Gasteiger partial charge >= 0.3 is 6.18 Å². The minimum atomic E-state index is -4.32. The van der Waals surface area contributed by atoms with E-state index in [-0.39, 0.29) is 5.41 Å². The number of fused-ring (bicyclic) bond motifs is 1. The summed E-state index contributed by atoms with van der Waals surface area (Å²) in [7, 11) is 0. The Morgan fingerprint density at radius 1 is 0.828 bits per heavy atom. The molecule has 0 aliphatic rings. The van der Waals surface area contributed by atoms with Gasteiger partial charge in [-0.05, 0) is 63.7 Å². The van der Waals surface area contributed by atoms with Gasteiger partial charge in [0.25, 0.3) is 0 Å². The van der Waals surface area contributed by atoms with E-state index in [2.05, 4.69) is 50.0 Å². The summed E-state index contributed by atoms with van der Waals surface area (Å²) < 4.78 is 38.9. The van der Waals surface area contributed by atoms with Crippen molar-refractivity contribution >= 4 is 22.1 Å². The Bertz CT molecular complexity index is 1180. The molecular weight excluding hydrogens is 391 g/mol. The van der Waals surface area contributed by atoms with Crippen LogP contribution in [-0.4, -0.2) is 4.98 Å². The van der Waals surface area contributed by atoms with Crippen molar-refractivity contribution in [3.8, 4) is 21.7 Å². The van der Waals surface area contributed by atoms with Gasteiger partial charge in [0.1, 0.15) is 4.88 Å². The molecule has 0 N–H and O–H groups in total. The summed E-state index contributed by atoms with van der Waals surface area (Å²) in [6, 6.07) is 18.7. The molecule has 4 aromatic rings. The fourth-order valence-electron chi connectivity index (χ4n) is 3.47. The van der Waals surface area contributed by atoms with Gasteiger partial charge in [-0.3, -0.25) is 4.98 Å². The van der Waals surface area contributed by atoms with Crippen LogP contribution in [0.4, 0.5) is 13.2 Å². The molecule has 0 amide bonds. The summed E-state index contributed by atoms with van der Waals surface area (Å²) in [6.07, 6.45) is -2.66. The van der Waals surface area contributed by atoms with E-state index in [0.717, 1.165) is 39.6 Å². The maximum atomic E-state index is 13.0. The first-order valence-corrected chi connectivity index (χ1v) is 10.1. The van der Waals surface area contributed by atoms with Gasteiger partial charge in [-0.1, -0.05) is 45.0 Å². The standard InChI is InChI=1S/C24H20F3NS/c1-23(2,3)19-13-17(12-15-6-4-5-7-18(15)19)20-14-16(10-11-28-20)21-8-9-22(29-21)24(25,26)27/h4-14H,1-3H3. The third kappa shape index (κ3) is 3.92. The summed E-state index contributed by atoms with van der Waals surface area (Å²) in [4.78, 5) is 4.49. The van der Waals surface area contributed by atoms with E-state index in [4.69, 9.17) is 0 Å². The van der Waals surface area contributed by atoms with Crippen molar-refractivity contribution < 1.29 is 13.2 Å². The molecule has 0 radical (unpaired) electrons. The van der Waals surface area contributed by atoms with Crippen molar-refractivity contribution in [2.75, 3.05) is 0 Å². The highest BCUT2D eigenvalue weighted by molar-refractivity contribution is 7.15. The van der Waals surface area contributed by atoms with Crippen LogP contribution in [0, 0.1) is 0 Å². The Morgan fingerprint density at radius 2 is 1.59 bits per heavy atom. The number of thiophene rings is 1. The molecule has 0 aliphatic heterocycles. The smallest absolute Gasteiger partial charge is 0.256 e. The predicted octanol–water partition coefficient (Wildman–Crippen LogP) is 7.95. The first-order valence-electron chi connectivity index (χ1n) is 9.30. The quantitative estimate of drug-likeness (QED) is 0.326. The second kappa shape index (κ2) is 6.99. The normalized spacial score (nSPS) is 12.5. The molecule has 5 heteroatoms. The van der Waals surface area contributed by atoms with E-state index in [0.29, 0.717) is 4.88 Å². The second-order valence-electron chi connectivity index (χ2n) is 8.09. The van der Waals surface area contributed by atoms with Gasteiger partial charge in [-0.2, -0.15) is 13.2 Å². The zero-order valence-electron chi connectivity index (χ0n) is 16.3. The molecule has 2 aromatic carbocycles. The number of pyridine rings is 1. The zero-order valence-corrected chi connectivity index (χ0v) is 17.2. The van der Waals surface area contributed by atoms with Gasteiger partial charge in [0.2, 0.25) is 0 Å². The minimum absolute atomic E-state index is 0.0530. The van der Waals surface area contributed by atoms with Gasteiger partial charge in [0.15, 0.2) is 0 Å². The van der Waals surface area contributed by atoms with Crippen molar-refractivity contribution in [2.24, 2.45) is 0 Å². The van der Waals surface area contributed by atoms with E-state index in [1.165, 1.54) is 17.0 Å². The van der Waals surface area contributed by atoms with Crippen LogP contribution in [0.15, 0.2) is 66.9 Å². The fourth-order valence-corrected chi connectivity index (χ4v) is 4.34. The molecule has 2 heterocycles. The monoisotopic (exact) mass is 411 g/mol. The molecule has 0 aliphatic carbocycles. The molecule has 0 atom stereocenters. The minimum Gasteiger partial charge on any atom is -0.256 e. The van der Waals surface area contributed by atoms with Crippen LogP contribution >= 0.6 is 11.3 Å². The molecule has 148 valence electrons. The van der Waals surface area contributed by atoms with Crippen molar-refractivity contribution in [1.82, 2.24) is 4.98 Å². The van der Waals surface area contributed by atoms with Gasteiger partial charge in [0, 0.05) is 16.6 Å². The molecule has 0 saturated carbocycles. The Morgan fingerprint density at radius 3 is 2.28 bits per heavy atom. The maximum absolute atomic E-state index is 13.0. The first-order chi connectivity index (χ1) is 13.6. The summed E-state index contributed by atoms with van der Waals surface area (Å²) in [5, 5.41) is 2.32. The lowest BCUT2D eigenvalue weighted by molar-refractivity contribution is -0.134. The molecule has 0 unspecified atom stereocenters. The average Bonchev–Trinajstić information content (AvgIpc) is 3.17. The highest BCUT2D eigenvalue weighted by Crippen LogP contribution is 2.39. The number of hydrogen-bond acceptors (Lipinski definition) is 2. The molecule has 2 aromatic heterocycles. The molecule has 29 heavy (non-hydrogen) atoms. The lowest BCUT2D eigenvalue weighted by Crippen LogP contribution is -2.12. The number of rotatable bonds is 2. The molecule has 1 nitrogen and oxygen atoms in total. The molecular formula is C24H20F3NS. The van der Waals surface area contributed by atoms with E-state index in [1.807, 2.05) is 18.2 Å². The van der Waals surface area contributed by atoms with Crippen molar-refractivity contribution in [3.05, 3.63) is 77.3 Å². The van der Waals surface area contributed by atoms with Crippen molar-refractivity contribution in [3.63, 3.8) is 0 Å². The van der Waals surface area contributed by atoms with E-state index in [9.17, 15) is 13.2 Å². The lowest BCUT2D eigenvalue weighted by Gasteiger charge is -2.22. The number of halogens is 3. The first kappa shape index (κ1) is 19.6. The fraction of sp³-hybridized carbons (Fsp3) is 0.208. The average molecular weight is 411 g/mol. The number of benzene rings is 2. The van der Waals surface area contributed by atoms with Crippen LogP contribution in [0.5, 0.6) is 0 Å². The number of nitrogens with zero attached hydrogens (tertiary/aromatic N) is 1. The van der Waals surface area contributed by atoms with Crippen LogP contribution in [0.2, 0.25) is 0 Å². The lowest BCUT2D eigenvalue weighted by atomic mass is 9.82. The summed E-state index contributed by atoms with van der Waals surface area (Å²) in [5.74, 6) is 0. The predicted molar refractivity (Wildman–Crippen MR) is 114 cm³/mol. The zero-order chi connectivity index (χ0) is 20.8. The van der Waals surface area contributed by atoms with Crippen LogP contribution in [0.3, 0.4) is 0 Å². The molecule has 4 rings (SSSR count). The molecule has 0 bridgehead atoms.